The lowest BCUT2D eigenvalue weighted by atomic mass is 9.86. The van der Waals surface area contributed by atoms with Crippen LogP contribution in [0.2, 0.25) is 0 Å². The molecule has 1 saturated heterocycles. The maximum atomic E-state index is 13.8. The number of carbonyl (C=O) groups is 3. The number of carbonyl (C=O) groups excluding carboxylic acids is 2. The second-order valence-electron chi connectivity index (χ2n) is 10.3. The number of benzene rings is 2. The van der Waals surface area contributed by atoms with Gasteiger partial charge in [0.05, 0.1) is 6.42 Å². The van der Waals surface area contributed by atoms with Crippen molar-refractivity contribution >= 4 is 23.5 Å². The van der Waals surface area contributed by atoms with Crippen molar-refractivity contribution in [2.75, 3.05) is 63.8 Å². The summed E-state index contributed by atoms with van der Waals surface area (Å²) in [6, 6.07) is 14.5. The third-order valence-corrected chi connectivity index (χ3v) is 7.62. The number of amides is 2. The number of para-hydroxylation sites is 1. The van der Waals surface area contributed by atoms with Crippen LogP contribution >= 0.6 is 0 Å². The van der Waals surface area contributed by atoms with Crippen molar-refractivity contribution in [3.05, 3.63) is 65.2 Å². The molecule has 8 nitrogen and oxygen atoms in total. The number of carboxylic acids is 1. The Morgan fingerprint density at radius 3 is 2.18 bits per heavy atom. The van der Waals surface area contributed by atoms with Crippen LogP contribution in [-0.2, 0) is 9.59 Å². The number of hydrogen-bond donors (Lipinski definition) is 1. The van der Waals surface area contributed by atoms with Crippen molar-refractivity contribution in [1.82, 2.24) is 14.7 Å². The normalized spacial score (nSPS) is 17.8. The SMILES string of the molecule is CCCN(CCC)CCN1CCN(C(=O)CN2C(=O)c3ccccc3C(CC(=O)O)c3ccccc32)CC1. The molecule has 1 atom stereocenters. The van der Waals surface area contributed by atoms with E-state index in [9.17, 15) is 19.5 Å². The Bertz CT molecular complexity index is 1120. The van der Waals surface area contributed by atoms with Crippen molar-refractivity contribution in [2.24, 2.45) is 0 Å². The summed E-state index contributed by atoms with van der Waals surface area (Å²) in [5.41, 5.74) is 2.51. The molecule has 8 heteroatoms. The molecule has 0 saturated carbocycles. The molecule has 0 radical (unpaired) electrons. The molecule has 0 spiro atoms. The van der Waals surface area contributed by atoms with E-state index in [1.165, 1.54) is 4.90 Å². The number of carboxylic acid groups (broad SMARTS) is 1. The van der Waals surface area contributed by atoms with Gasteiger partial charge >= 0.3 is 5.97 Å². The number of nitrogens with zero attached hydrogens (tertiary/aromatic N) is 4. The van der Waals surface area contributed by atoms with Crippen LogP contribution in [0.15, 0.2) is 48.5 Å². The van der Waals surface area contributed by atoms with Crippen molar-refractivity contribution in [2.45, 2.75) is 39.0 Å². The number of hydrogen-bond acceptors (Lipinski definition) is 5. The summed E-state index contributed by atoms with van der Waals surface area (Å²) in [6.45, 7) is 11.6. The Kier molecular flexibility index (Phi) is 9.53. The summed E-state index contributed by atoms with van der Waals surface area (Å²) >= 11 is 0. The van der Waals surface area contributed by atoms with Crippen LogP contribution in [0.5, 0.6) is 0 Å². The first kappa shape index (κ1) is 27.8. The molecule has 2 aliphatic rings. The summed E-state index contributed by atoms with van der Waals surface area (Å²) in [4.78, 5) is 47.3. The van der Waals surface area contributed by atoms with Crippen LogP contribution in [0, 0.1) is 0 Å². The third-order valence-electron chi connectivity index (χ3n) is 7.62. The average molecular weight is 521 g/mol. The topological polar surface area (TPSA) is 84.4 Å². The van der Waals surface area contributed by atoms with Crippen LogP contribution < -0.4 is 4.90 Å². The van der Waals surface area contributed by atoms with Crippen molar-refractivity contribution < 1.29 is 19.5 Å². The molecule has 2 aromatic carbocycles. The lowest BCUT2D eigenvalue weighted by Gasteiger charge is -2.36. The Morgan fingerprint density at radius 2 is 1.53 bits per heavy atom. The van der Waals surface area contributed by atoms with Crippen molar-refractivity contribution in [3.63, 3.8) is 0 Å². The first-order chi connectivity index (χ1) is 18.4. The first-order valence-electron chi connectivity index (χ1n) is 13.9. The highest BCUT2D eigenvalue weighted by molar-refractivity contribution is 6.11. The van der Waals surface area contributed by atoms with Gasteiger partial charge in [-0.25, -0.2) is 0 Å². The zero-order valence-electron chi connectivity index (χ0n) is 22.6. The lowest BCUT2D eigenvalue weighted by Crippen LogP contribution is -2.53. The molecule has 1 N–H and O–H groups in total. The number of aliphatic carboxylic acids is 1. The minimum atomic E-state index is -0.929. The van der Waals surface area contributed by atoms with E-state index in [0.29, 0.717) is 29.9 Å². The Labute approximate surface area is 225 Å². The maximum Gasteiger partial charge on any atom is 0.304 e. The molecular weight excluding hydrogens is 480 g/mol. The molecular formula is C30H40N4O4. The molecule has 4 rings (SSSR count). The number of rotatable bonds is 11. The van der Waals surface area contributed by atoms with Gasteiger partial charge in [-0.15, -0.1) is 0 Å². The van der Waals surface area contributed by atoms with Gasteiger partial charge in [-0.2, -0.15) is 0 Å². The quantitative estimate of drug-likeness (QED) is 0.488. The monoisotopic (exact) mass is 520 g/mol. The number of fused-ring (bicyclic) bond motifs is 2. The van der Waals surface area contributed by atoms with E-state index in [4.69, 9.17) is 0 Å². The van der Waals surface area contributed by atoms with Crippen molar-refractivity contribution in [3.8, 4) is 0 Å². The predicted molar refractivity (Wildman–Crippen MR) is 149 cm³/mol. The fraction of sp³-hybridized carbons (Fsp3) is 0.500. The molecule has 2 heterocycles. The maximum absolute atomic E-state index is 13.8. The minimum absolute atomic E-state index is 0.0647. The van der Waals surface area contributed by atoms with E-state index >= 15 is 0 Å². The molecule has 2 aromatic rings. The molecule has 2 amide bonds. The highest BCUT2D eigenvalue weighted by atomic mass is 16.4. The molecule has 2 aliphatic heterocycles. The van der Waals surface area contributed by atoms with Crippen molar-refractivity contribution in [1.29, 1.82) is 0 Å². The van der Waals surface area contributed by atoms with Gasteiger partial charge in [0, 0.05) is 56.4 Å². The summed E-state index contributed by atoms with van der Waals surface area (Å²) < 4.78 is 0. The summed E-state index contributed by atoms with van der Waals surface area (Å²) in [7, 11) is 0. The van der Waals surface area contributed by atoms with Crippen LogP contribution in [0.1, 0.15) is 60.5 Å². The zero-order valence-corrected chi connectivity index (χ0v) is 22.6. The van der Waals surface area contributed by atoms with Gasteiger partial charge in [-0.1, -0.05) is 50.2 Å². The molecule has 1 unspecified atom stereocenters. The third kappa shape index (κ3) is 6.42. The summed E-state index contributed by atoms with van der Waals surface area (Å²) in [5.74, 6) is -1.74. The summed E-state index contributed by atoms with van der Waals surface area (Å²) in [6.07, 6.45) is 2.18. The van der Waals surface area contributed by atoms with Gasteiger partial charge in [-0.05, 0) is 49.2 Å². The first-order valence-corrected chi connectivity index (χ1v) is 13.9. The van der Waals surface area contributed by atoms with Gasteiger partial charge in [0.1, 0.15) is 6.54 Å². The van der Waals surface area contributed by atoms with E-state index in [1.54, 1.807) is 12.1 Å². The average Bonchev–Trinajstić information content (AvgIpc) is 3.01. The fourth-order valence-corrected chi connectivity index (χ4v) is 5.70. The van der Waals surface area contributed by atoms with Gasteiger partial charge in [0.25, 0.3) is 5.91 Å². The van der Waals surface area contributed by atoms with E-state index < -0.39 is 11.9 Å². The Hall–Kier alpha value is -3.23. The van der Waals surface area contributed by atoms with E-state index in [2.05, 4.69) is 23.6 Å². The zero-order chi connectivity index (χ0) is 27.1. The van der Waals surface area contributed by atoms with E-state index in [1.807, 2.05) is 41.3 Å². The second-order valence-corrected chi connectivity index (χ2v) is 10.3. The van der Waals surface area contributed by atoms with Gasteiger partial charge in [0.2, 0.25) is 5.91 Å². The van der Waals surface area contributed by atoms with Gasteiger partial charge < -0.3 is 14.9 Å². The molecule has 0 aromatic heterocycles. The van der Waals surface area contributed by atoms with Crippen LogP contribution in [0.4, 0.5) is 5.69 Å². The Morgan fingerprint density at radius 1 is 0.895 bits per heavy atom. The number of anilines is 1. The standard InChI is InChI=1S/C30H40N4O4/c1-3-13-31(14-4-2)15-16-32-17-19-33(20-18-32)28(35)22-34-27-12-8-7-10-24(27)26(21-29(36)37)23-9-5-6-11-25(23)30(34)38/h5-12,26H,3-4,13-22H2,1-2H3,(H,36,37). The Balaban J connectivity index is 1.46. The molecule has 1 fully saturated rings. The van der Waals surface area contributed by atoms with Crippen LogP contribution in [-0.4, -0.2) is 96.5 Å². The lowest BCUT2D eigenvalue weighted by molar-refractivity contribution is -0.137. The van der Waals surface area contributed by atoms with Crippen LogP contribution in [0.25, 0.3) is 0 Å². The molecule has 204 valence electrons. The second kappa shape index (κ2) is 13.0. The fourth-order valence-electron chi connectivity index (χ4n) is 5.70. The number of piperazine rings is 1. The highest BCUT2D eigenvalue weighted by Gasteiger charge is 2.35. The van der Waals surface area contributed by atoms with Gasteiger partial charge in [0.15, 0.2) is 0 Å². The predicted octanol–water partition coefficient (Wildman–Crippen LogP) is 3.52. The summed E-state index contributed by atoms with van der Waals surface area (Å²) in [5, 5.41) is 9.63. The molecule has 0 aliphatic carbocycles. The van der Waals surface area contributed by atoms with Gasteiger partial charge in [-0.3, -0.25) is 24.2 Å². The van der Waals surface area contributed by atoms with E-state index in [-0.39, 0.29) is 24.8 Å². The minimum Gasteiger partial charge on any atom is -0.481 e. The van der Waals surface area contributed by atoms with E-state index in [0.717, 1.165) is 57.7 Å². The molecule has 0 bridgehead atoms. The largest absolute Gasteiger partial charge is 0.481 e. The smallest absolute Gasteiger partial charge is 0.304 e. The van der Waals surface area contributed by atoms with Crippen LogP contribution in [0.3, 0.4) is 0 Å². The highest BCUT2D eigenvalue weighted by Crippen LogP contribution is 2.40. The molecule has 38 heavy (non-hydrogen) atoms.